The molecule has 7 atom stereocenters. The average Bonchev–Trinajstić information content (AvgIpc) is 2.70. The Morgan fingerprint density at radius 2 is 1.50 bits per heavy atom. The highest BCUT2D eigenvalue weighted by molar-refractivity contribution is 5.21. The summed E-state index contributed by atoms with van der Waals surface area (Å²) in [5.41, 5.74) is -0.948. The number of allylic oxidation sites excluding steroid dienone is 1. The van der Waals surface area contributed by atoms with Gasteiger partial charge in [0, 0.05) is 5.41 Å². The number of fused-ring (bicyclic) bond motifs is 5. The molecule has 2 heteroatoms. The largest absolute Gasteiger partial charge is 0.390 e. The van der Waals surface area contributed by atoms with Gasteiger partial charge in [-0.1, -0.05) is 26.0 Å². The van der Waals surface area contributed by atoms with Gasteiger partial charge in [0.05, 0.1) is 11.2 Å². The second kappa shape index (κ2) is 4.39. The summed E-state index contributed by atoms with van der Waals surface area (Å²) in [4.78, 5) is 0. The molecule has 0 aromatic rings. The van der Waals surface area contributed by atoms with Crippen LogP contribution in [0.4, 0.5) is 0 Å². The van der Waals surface area contributed by atoms with E-state index in [9.17, 15) is 10.2 Å². The van der Waals surface area contributed by atoms with Gasteiger partial charge in [-0.25, -0.2) is 0 Å². The molecule has 3 saturated carbocycles. The van der Waals surface area contributed by atoms with Crippen LogP contribution in [0.25, 0.3) is 0 Å². The van der Waals surface area contributed by atoms with E-state index in [0.29, 0.717) is 17.8 Å². The Hall–Kier alpha value is -0.340. The van der Waals surface area contributed by atoms with Gasteiger partial charge in [0.2, 0.25) is 0 Å². The Bertz CT molecular complexity index is 510. The molecule has 0 aromatic carbocycles. The fourth-order valence-corrected chi connectivity index (χ4v) is 7.05. The normalized spacial score (nSPS) is 60.5. The number of hydrogen-bond donors (Lipinski definition) is 2. The Kier molecular flexibility index (Phi) is 3.03. The van der Waals surface area contributed by atoms with Gasteiger partial charge in [-0.05, 0) is 81.5 Å². The van der Waals surface area contributed by atoms with Crippen LogP contribution in [0.2, 0.25) is 0 Å². The molecular formula is C20H32O2. The van der Waals surface area contributed by atoms with Crippen LogP contribution in [0.1, 0.15) is 72.1 Å². The summed E-state index contributed by atoms with van der Waals surface area (Å²) in [6.07, 6.45) is 13.0. The van der Waals surface area contributed by atoms with Gasteiger partial charge in [0.15, 0.2) is 0 Å². The molecule has 4 rings (SSSR count). The van der Waals surface area contributed by atoms with E-state index in [1.807, 2.05) is 0 Å². The van der Waals surface area contributed by atoms with Gasteiger partial charge in [-0.15, -0.1) is 0 Å². The lowest BCUT2D eigenvalue weighted by molar-refractivity contribution is -0.183. The second-order valence-electron chi connectivity index (χ2n) is 9.47. The number of aliphatic hydroxyl groups is 2. The summed E-state index contributed by atoms with van der Waals surface area (Å²) in [7, 11) is 0. The zero-order chi connectivity index (χ0) is 15.8. The molecule has 0 spiro atoms. The van der Waals surface area contributed by atoms with Gasteiger partial charge >= 0.3 is 0 Å². The van der Waals surface area contributed by atoms with Crippen molar-refractivity contribution in [3.63, 3.8) is 0 Å². The first-order valence-electron chi connectivity index (χ1n) is 9.36. The van der Waals surface area contributed by atoms with Crippen LogP contribution < -0.4 is 0 Å². The first kappa shape index (κ1) is 15.2. The van der Waals surface area contributed by atoms with Gasteiger partial charge < -0.3 is 10.2 Å². The maximum Gasteiger partial charge on any atom is 0.0883 e. The molecular weight excluding hydrogens is 272 g/mol. The summed E-state index contributed by atoms with van der Waals surface area (Å²) in [5, 5.41) is 22.2. The van der Waals surface area contributed by atoms with Crippen molar-refractivity contribution in [2.24, 2.45) is 28.6 Å². The predicted molar refractivity (Wildman–Crippen MR) is 88.3 cm³/mol. The SMILES string of the molecule is C[C@]12CC[C@H]3[C@@H](CC[C@@]4(O)C=CCC[C@]34C)[C@@H]1CC[C@@]2(C)O. The molecule has 0 radical (unpaired) electrons. The Morgan fingerprint density at radius 3 is 2.27 bits per heavy atom. The summed E-state index contributed by atoms with van der Waals surface area (Å²) < 4.78 is 0. The highest BCUT2D eigenvalue weighted by Crippen LogP contribution is 2.68. The average molecular weight is 304 g/mol. The molecule has 0 aliphatic heterocycles. The van der Waals surface area contributed by atoms with Crippen molar-refractivity contribution >= 4 is 0 Å². The van der Waals surface area contributed by atoms with Gasteiger partial charge in [0.1, 0.15) is 0 Å². The monoisotopic (exact) mass is 304 g/mol. The van der Waals surface area contributed by atoms with Crippen molar-refractivity contribution in [1.29, 1.82) is 0 Å². The third-order valence-electron chi connectivity index (χ3n) is 8.89. The van der Waals surface area contributed by atoms with Crippen molar-refractivity contribution < 1.29 is 10.2 Å². The first-order chi connectivity index (χ1) is 10.2. The molecule has 4 aliphatic rings. The fourth-order valence-electron chi connectivity index (χ4n) is 7.05. The van der Waals surface area contributed by atoms with E-state index in [4.69, 9.17) is 0 Å². The van der Waals surface area contributed by atoms with E-state index >= 15 is 0 Å². The quantitative estimate of drug-likeness (QED) is 0.663. The van der Waals surface area contributed by atoms with Crippen molar-refractivity contribution in [2.45, 2.75) is 83.3 Å². The molecule has 0 unspecified atom stereocenters. The maximum atomic E-state index is 11.3. The van der Waals surface area contributed by atoms with Gasteiger partial charge in [-0.2, -0.15) is 0 Å². The van der Waals surface area contributed by atoms with Crippen LogP contribution in [-0.4, -0.2) is 21.4 Å². The fraction of sp³-hybridized carbons (Fsp3) is 0.900. The lowest BCUT2D eigenvalue weighted by atomic mass is 9.44. The minimum Gasteiger partial charge on any atom is -0.390 e. The molecule has 2 N–H and O–H groups in total. The number of rotatable bonds is 0. The molecule has 0 bridgehead atoms. The molecule has 22 heavy (non-hydrogen) atoms. The van der Waals surface area contributed by atoms with Crippen molar-refractivity contribution in [1.82, 2.24) is 0 Å². The molecule has 0 saturated heterocycles. The summed E-state index contributed by atoms with van der Waals surface area (Å²) >= 11 is 0. The molecule has 124 valence electrons. The van der Waals surface area contributed by atoms with Gasteiger partial charge in [0.25, 0.3) is 0 Å². The minimum absolute atomic E-state index is 0.0421. The van der Waals surface area contributed by atoms with E-state index < -0.39 is 11.2 Å². The highest BCUT2D eigenvalue weighted by Gasteiger charge is 2.65. The lowest BCUT2D eigenvalue weighted by Crippen LogP contribution is -2.61. The number of hydrogen-bond acceptors (Lipinski definition) is 2. The molecule has 0 amide bonds. The summed E-state index contributed by atoms with van der Waals surface area (Å²) in [5.74, 6) is 1.97. The van der Waals surface area contributed by atoms with E-state index in [-0.39, 0.29) is 10.8 Å². The van der Waals surface area contributed by atoms with E-state index in [1.54, 1.807) is 0 Å². The Labute approximate surface area is 135 Å². The smallest absolute Gasteiger partial charge is 0.0883 e. The zero-order valence-electron chi connectivity index (χ0n) is 14.4. The minimum atomic E-state index is -0.582. The zero-order valence-corrected chi connectivity index (χ0v) is 14.4. The second-order valence-corrected chi connectivity index (χ2v) is 9.47. The van der Waals surface area contributed by atoms with Crippen molar-refractivity contribution in [3.05, 3.63) is 12.2 Å². The molecule has 2 nitrogen and oxygen atoms in total. The molecule has 0 aromatic heterocycles. The molecule has 4 aliphatic carbocycles. The summed E-state index contributed by atoms with van der Waals surface area (Å²) in [6, 6.07) is 0. The van der Waals surface area contributed by atoms with Crippen molar-refractivity contribution in [3.8, 4) is 0 Å². The predicted octanol–water partition coefficient (Wildman–Crippen LogP) is 4.06. The lowest BCUT2D eigenvalue weighted by Gasteiger charge is -2.62. The van der Waals surface area contributed by atoms with Gasteiger partial charge in [-0.3, -0.25) is 0 Å². The molecule has 0 heterocycles. The molecule has 3 fully saturated rings. The van der Waals surface area contributed by atoms with Crippen molar-refractivity contribution in [2.75, 3.05) is 0 Å². The third kappa shape index (κ3) is 1.64. The van der Waals surface area contributed by atoms with Crippen LogP contribution in [0.15, 0.2) is 12.2 Å². The Morgan fingerprint density at radius 1 is 0.818 bits per heavy atom. The standard InChI is InChI=1S/C20H32O2/c1-17-11-7-16-14(15(17)8-12-19(17,3)21)6-13-20(22)10-5-4-9-18(16,20)2/h5,10,14-16,21-22H,4,6-9,11-13H2,1-3H3/t14-,15-,16-,17-,18+,19+,20-/m0/s1. The van der Waals surface area contributed by atoms with Crippen LogP contribution in [0, 0.1) is 28.6 Å². The van der Waals surface area contributed by atoms with Crippen LogP contribution in [0.5, 0.6) is 0 Å². The third-order valence-corrected chi connectivity index (χ3v) is 8.89. The van der Waals surface area contributed by atoms with Crippen LogP contribution in [-0.2, 0) is 0 Å². The van der Waals surface area contributed by atoms with E-state index in [0.717, 1.165) is 38.5 Å². The Balaban J connectivity index is 1.71. The maximum absolute atomic E-state index is 11.3. The van der Waals surface area contributed by atoms with Crippen LogP contribution >= 0.6 is 0 Å². The van der Waals surface area contributed by atoms with E-state index in [2.05, 4.69) is 32.9 Å². The van der Waals surface area contributed by atoms with E-state index in [1.165, 1.54) is 12.8 Å². The summed E-state index contributed by atoms with van der Waals surface area (Å²) in [6.45, 7) is 6.76. The highest BCUT2D eigenvalue weighted by atomic mass is 16.3. The topological polar surface area (TPSA) is 40.5 Å². The van der Waals surface area contributed by atoms with Crippen LogP contribution in [0.3, 0.4) is 0 Å². The first-order valence-corrected chi connectivity index (χ1v) is 9.36.